The molecule has 18 heavy (non-hydrogen) atoms. The van der Waals surface area contributed by atoms with Crippen molar-refractivity contribution in [2.75, 3.05) is 26.9 Å². The highest BCUT2D eigenvalue weighted by Crippen LogP contribution is 2.06. The highest BCUT2D eigenvalue weighted by molar-refractivity contribution is 5.85. The van der Waals surface area contributed by atoms with Crippen molar-refractivity contribution in [2.24, 2.45) is 5.16 Å². The maximum Gasteiger partial charge on any atom is 0.118 e. The maximum absolute atomic E-state index is 5.46. The van der Waals surface area contributed by atoms with Gasteiger partial charge in [0.1, 0.15) is 6.26 Å². The molecule has 1 heterocycles. The highest BCUT2D eigenvalue weighted by atomic mass is 16.6. The van der Waals surface area contributed by atoms with E-state index in [9.17, 15) is 0 Å². The lowest BCUT2D eigenvalue weighted by atomic mass is 10.1. The summed E-state index contributed by atoms with van der Waals surface area (Å²) >= 11 is 0. The molecule has 0 fully saturated rings. The molecule has 0 radical (unpaired) electrons. The Bertz CT molecular complexity index is 227. The van der Waals surface area contributed by atoms with Gasteiger partial charge in [0.2, 0.25) is 0 Å². The van der Waals surface area contributed by atoms with Gasteiger partial charge in [0.25, 0.3) is 0 Å². The first-order valence-corrected chi connectivity index (χ1v) is 6.86. The average molecular weight is 257 g/mol. The van der Waals surface area contributed by atoms with Crippen LogP contribution in [0.4, 0.5) is 0 Å². The van der Waals surface area contributed by atoms with Crippen molar-refractivity contribution in [1.29, 1.82) is 0 Å². The molecule has 0 N–H and O–H groups in total. The van der Waals surface area contributed by atoms with Crippen molar-refractivity contribution in [3.05, 3.63) is 12.3 Å². The van der Waals surface area contributed by atoms with E-state index in [4.69, 9.17) is 14.3 Å². The molecule has 0 atom stereocenters. The fourth-order valence-corrected chi connectivity index (χ4v) is 1.46. The number of methoxy groups -OCH3 is 1. The van der Waals surface area contributed by atoms with Crippen LogP contribution in [0, 0.1) is 0 Å². The lowest BCUT2D eigenvalue weighted by Crippen LogP contribution is -2.03. The van der Waals surface area contributed by atoms with Crippen LogP contribution in [0.2, 0.25) is 0 Å². The standard InChI is InChI=1S/C12H21NO3.C2H6/c1-14-8-5-10-15-9-3-2-6-12-7-4-11-16-13-12;1-2/h4,11H,2-3,5-10H2,1H3;1-2H3. The van der Waals surface area contributed by atoms with E-state index in [2.05, 4.69) is 5.16 Å². The summed E-state index contributed by atoms with van der Waals surface area (Å²) < 4.78 is 10.4. The Kier molecular flexibility index (Phi) is 13.5. The molecule has 4 nitrogen and oxygen atoms in total. The van der Waals surface area contributed by atoms with Gasteiger partial charge in [-0.2, -0.15) is 0 Å². The smallest absolute Gasteiger partial charge is 0.118 e. The van der Waals surface area contributed by atoms with Gasteiger partial charge < -0.3 is 14.3 Å². The van der Waals surface area contributed by atoms with Crippen LogP contribution in [0.1, 0.15) is 46.0 Å². The van der Waals surface area contributed by atoms with E-state index in [0.717, 1.165) is 57.6 Å². The lowest BCUT2D eigenvalue weighted by Gasteiger charge is -2.07. The number of oxime groups is 1. The summed E-state index contributed by atoms with van der Waals surface area (Å²) in [5.41, 5.74) is 1.13. The van der Waals surface area contributed by atoms with Crippen molar-refractivity contribution >= 4 is 5.71 Å². The van der Waals surface area contributed by atoms with Gasteiger partial charge in [0.05, 0.1) is 5.71 Å². The molecule has 0 aliphatic carbocycles. The maximum atomic E-state index is 5.46. The number of rotatable bonds is 9. The molecule has 0 amide bonds. The summed E-state index contributed by atoms with van der Waals surface area (Å²) in [4.78, 5) is 4.87. The highest BCUT2D eigenvalue weighted by Gasteiger charge is 2.01. The molecule has 0 unspecified atom stereocenters. The van der Waals surface area contributed by atoms with E-state index in [1.165, 1.54) is 0 Å². The topological polar surface area (TPSA) is 40.0 Å². The Labute approximate surface area is 111 Å². The summed E-state index contributed by atoms with van der Waals surface area (Å²) in [5.74, 6) is 0. The monoisotopic (exact) mass is 257 g/mol. The first-order valence-electron chi connectivity index (χ1n) is 6.86. The van der Waals surface area contributed by atoms with Crippen LogP contribution < -0.4 is 0 Å². The average Bonchev–Trinajstić information content (AvgIpc) is 2.45. The Balaban J connectivity index is 0.00000137. The van der Waals surface area contributed by atoms with Gasteiger partial charge in [-0.25, -0.2) is 0 Å². The third kappa shape index (κ3) is 10.3. The van der Waals surface area contributed by atoms with Crippen molar-refractivity contribution in [3.63, 3.8) is 0 Å². The van der Waals surface area contributed by atoms with Gasteiger partial charge >= 0.3 is 0 Å². The number of hydrogen-bond donors (Lipinski definition) is 0. The number of hydrogen-bond acceptors (Lipinski definition) is 4. The second-order valence-corrected chi connectivity index (χ2v) is 3.75. The zero-order valence-electron chi connectivity index (χ0n) is 12.0. The van der Waals surface area contributed by atoms with Gasteiger partial charge in [0, 0.05) is 33.4 Å². The fraction of sp³-hybridized carbons (Fsp3) is 0.786. The van der Waals surface area contributed by atoms with Crippen LogP contribution in [-0.2, 0) is 14.3 Å². The number of allylic oxidation sites excluding steroid dienone is 1. The molecule has 0 spiro atoms. The molecule has 0 saturated heterocycles. The fourth-order valence-electron chi connectivity index (χ4n) is 1.46. The van der Waals surface area contributed by atoms with Crippen LogP contribution in [0.3, 0.4) is 0 Å². The Morgan fingerprint density at radius 2 is 1.94 bits per heavy atom. The summed E-state index contributed by atoms with van der Waals surface area (Å²) in [7, 11) is 1.71. The zero-order chi connectivity index (χ0) is 13.5. The van der Waals surface area contributed by atoms with E-state index in [1.54, 1.807) is 13.4 Å². The third-order valence-electron chi connectivity index (χ3n) is 2.33. The predicted molar refractivity (Wildman–Crippen MR) is 74.8 cm³/mol. The first kappa shape index (κ1) is 17.1. The van der Waals surface area contributed by atoms with Crippen molar-refractivity contribution < 1.29 is 14.3 Å². The van der Waals surface area contributed by atoms with E-state index in [-0.39, 0.29) is 0 Å². The second kappa shape index (κ2) is 14.2. The molecule has 4 heteroatoms. The molecule has 0 aromatic heterocycles. The van der Waals surface area contributed by atoms with Crippen LogP contribution >= 0.6 is 0 Å². The third-order valence-corrected chi connectivity index (χ3v) is 2.33. The van der Waals surface area contributed by atoms with Crippen LogP contribution in [0.25, 0.3) is 0 Å². The Hall–Kier alpha value is -0.870. The van der Waals surface area contributed by atoms with Crippen LogP contribution in [-0.4, -0.2) is 32.6 Å². The molecule has 0 aromatic rings. The molecular formula is C14H27NO3. The summed E-state index contributed by atoms with van der Waals surface area (Å²) in [5, 5.41) is 3.96. The number of ether oxygens (including phenoxy) is 2. The van der Waals surface area contributed by atoms with Gasteiger partial charge in [0.15, 0.2) is 0 Å². The normalized spacial score (nSPS) is 13.4. The molecule has 0 bridgehead atoms. The lowest BCUT2D eigenvalue weighted by molar-refractivity contribution is 0.101. The summed E-state index contributed by atoms with van der Waals surface area (Å²) in [6, 6.07) is 0. The minimum atomic E-state index is 0.778. The Morgan fingerprint density at radius 3 is 2.61 bits per heavy atom. The SMILES string of the molecule is CC.COCCCOCCCCC1=NOC=CC1. The second-order valence-electron chi connectivity index (χ2n) is 3.75. The largest absolute Gasteiger partial charge is 0.385 e. The van der Waals surface area contributed by atoms with Gasteiger partial charge in [-0.05, 0) is 31.8 Å². The van der Waals surface area contributed by atoms with Crippen LogP contribution in [0.15, 0.2) is 17.5 Å². The van der Waals surface area contributed by atoms with Crippen LogP contribution in [0.5, 0.6) is 0 Å². The van der Waals surface area contributed by atoms with Crippen molar-refractivity contribution in [3.8, 4) is 0 Å². The van der Waals surface area contributed by atoms with Crippen molar-refractivity contribution in [2.45, 2.75) is 46.0 Å². The molecule has 1 aliphatic rings. The first-order chi connectivity index (χ1) is 8.93. The van der Waals surface area contributed by atoms with Gasteiger partial charge in [-0.15, -0.1) is 0 Å². The Morgan fingerprint density at radius 1 is 1.17 bits per heavy atom. The quantitative estimate of drug-likeness (QED) is 0.593. The molecule has 106 valence electrons. The molecule has 1 aliphatic heterocycles. The predicted octanol–water partition coefficient (Wildman–Crippen LogP) is 3.53. The van der Waals surface area contributed by atoms with E-state index in [1.807, 2.05) is 19.9 Å². The van der Waals surface area contributed by atoms with E-state index in [0.29, 0.717) is 0 Å². The van der Waals surface area contributed by atoms with E-state index >= 15 is 0 Å². The molecule has 1 rings (SSSR count). The van der Waals surface area contributed by atoms with Crippen molar-refractivity contribution in [1.82, 2.24) is 0 Å². The minimum Gasteiger partial charge on any atom is -0.385 e. The number of nitrogens with zero attached hydrogens (tertiary/aromatic N) is 1. The zero-order valence-corrected chi connectivity index (χ0v) is 12.0. The molecular weight excluding hydrogens is 230 g/mol. The minimum absolute atomic E-state index is 0.778. The van der Waals surface area contributed by atoms with Gasteiger partial charge in [-0.3, -0.25) is 0 Å². The summed E-state index contributed by atoms with van der Waals surface area (Å²) in [6.07, 6.45) is 8.71. The van der Waals surface area contributed by atoms with E-state index < -0.39 is 0 Å². The van der Waals surface area contributed by atoms with Gasteiger partial charge in [-0.1, -0.05) is 19.0 Å². The summed E-state index contributed by atoms with van der Waals surface area (Å²) in [6.45, 7) is 6.40. The molecule has 0 saturated carbocycles. The molecule has 0 aromatic carbocycles. The number of unbranched alkanes of at least 4 members (excludes halogenated alkanes) is 1.